The van der Waals surface area contributed by atoms with Gasteiger partial charge in [0, 0.05) is 13.2 Å². The highest BCUT2D eigenvalue weighted by Crippen LogP contribution is 2.19. The monoisotopic (exact) mass is 330 g/mol. The average Bonchev–Trinajstić information content (AvgIpc) is 2.87. The lowest BCUT2D eigenvalue weighted by atomic mass is 10.2. The minimum atomic E-state index is -0.106. The van der Waals surface area contributed by atoms with E-state index in [4.69, 9.17) is 4.74 Å². The Morgan fingerprint density at radius 2 is 2.42 bits per heavy atom. The van der Waals surface area contributed by atoms with Gasteiger partial charge in [0.05, 0.1) is 31.1 Å². The highest BCUT2D eigenvalue weighted by molar-refractivity contribution is 9.10. The zero-order valence-corrected chi connectivity index (χ0v) is 12.8. The number of hydrogen-bond acceptors (Lipinski definition) is 5. The van der Waals surface area contributed by atoms with Crippen LogP contribution in [-0.4, -0.2) is 54.6 Å². The summed E-state index contributed by atoms with van der Waals surface area (Å²) in [7, 11) is 3.94. The molecule has 0 bridgehead atoms. The largest absolute Gasteiger partial charge is 0.379 e. The van der Waals surface area contributed by atoms with Crippen LogP contribution in [0.4, 0.5) is 5.69 Å². The van der Waals surface area contributed by atoms with E-state index in [0.717, 1.165) is 25.3 Å². The van der Waals surface area contributed by atoms with Crippen LogP contribution >= 0.6 is 15.9 Å². The molecule has 0 amide bonds. The van der Waals surface area contributed by atoms with E-state index in [1.165, 1.54) is 4.68 Å². The van der Waals surface area contributed by atoms with Crippen LogP contribution in [0.3, 0.4) is 0 Å². The Bertz CT molecular complexity index is 483. The van der Waals surface area contributed by atoms with Crippen molar-refractivity contribution in [2.24, 2.45) is 0 Å². The maximum atomic E-state index is 12.1. The van der Waals surface area contributed by atoms with Crippen molar-refractivity contribution >= 4 is 21.6 Å². The highest BCUT2D eigenvalue weighted by atomic mass is 79.9. The second-order valence-electron chi connectivity index (χ2n) is 4.91. The van der Waals surface area contributed by atoms with Gasteiger partial charge in [-0.2, -0.15) is 5.10 Å². The molecule has 1 saturated heterocycles. The third-order valence-electron chi connectivity index (χ3n) is 3.03. The van der Waals surface area contributed by atoms with E-state index in [2.05, 4.69) is 26.3 Å². The molecule has 0 saturated carbocycles. The molecule has 1 aromatic heterocycles. The Kier molecular flexibility index (Phi) is 4.95. The Balaban J connectivity index is 2.10. The van der Waals surface area contributed by atoms with Crippen molar-refractivity contribution in [2.75, 3.05) is 39.2 Å². The van der Waals surface area contributed by atoms with Gasteiger partial charge in [0.1, 0.15) is 4.47 Å². The van der Waals surface area contributed by atoms with Crippen LogP contribution in [0.2, 0.25) is 0 Å². The van der Waals surface area contributed by atoms with E-state index in [1.807, 2.05) is 19.0 Å². The summed E-state index contributed by atoms with van der Waals surface area (Å²) in [6, 6.07) is 0.259. The lowest BCUT2D eigenvalue weighted by molar-refractivity contribution is 0.195. The van der Waals surface area contributed by atoms with Crippen molar-refractivity contribution < 1.29 is 4.74 Å². The first-order chi connectivity index (χ1) is 9.08. The number of ether oxygens (including phenoxy) is 1. The normalized spacial score (nSPS) is 19.1. The first-order valence-electron chi connectivity index (χ1n) is 6.32. The number of likely N-dealkylation sites (N-methyl/N-ethyl adjacent to an activating group) is 1. The number of nitrogens with zero attached hydrogens (tertiary/aromatic N) is 3. The molecule has 1 fully saturated rings. The fourth-order valence-corrected chi connectivity index (χ4v) is 2.31. The second kappa shape index (κ2) is 6.49. The smallest absolute Gasteiger partial charge is 0.283 e. The van der Waals surface area contributed by atoms with E-state index < -0.39 is 0 Å². The molecule has 0 radical (unpaired) electrons. The van der Waals surface area contributed by atoms with Crippen LogP contribution < -0.4 is 10.9 Å². The van der Waals surface area contributed by atoms with Crippen molar-refractivity contribution in [3.8, 4) is 0 Å². The molecule has 0 aliphatic carbocycles. The quantitative estimate of drug-likeness (QED) is 0.864. The topological polar surface area (TPSA) is 59.4 Å². The number of nitrogens with one attached hydrogen (secondary N) is 1. The maximum Gasteiger partial charge on any atom is 0.283 e. The van der Waals surface area contributed by atoms with Crippen molar-refractivity contribution in [1.82, 2.24) is 14.7 Å². The summed E-state index contributed by atoms with van der Waals surface area (Å²) in [5.41, 5.74) is 0.632. The zero-order valence-electron chi connectivity index (χ0n) is 11.2. The molecule has 19 heavy (non-hydrogen) atoms. The third kappa shape index (κ3) is 3.77. The summed E-state index contributed by atoms with van der Waals surface area (Å²) in [5.74, 6) is 0. The number of rotatable bonds is 5. The molecule has 2 rings (SSSR count). The van der Waals surface area contributed by atoms with Gasteiger partial charge in [0.15, 0.2) is 0 Å². The van der Waals surface area contributed by atoms with Gasteiger partial charge in [-0.15, -0.1) is 0 Å². The Labute approximate surface area is 120 Å². The van der Waals surface area contributed by atoms with Gasteiger partial charge in [0.25, 0.3) is 5.56 Å². The number of anilines is 1. The predicted molar refractivity (Wildman–Crippen MR) is 77.6 cm³/mol. The molecule has 1 atom stereocenters. The molecule has 1 unspecified atom stereocenters. The van der Waals surface area contributed by atoms with Crippen LogP contribution in [0.25, 0.3) is 0 Å². The molecule has 0 spiro atoms. The van der Waals surface area contributed by atoms with Crippen LogP contribution in [0, 0.1) is 0 Å². The van der Waals surface area contributed by atoms with E-state index >= 15 is 0 Å². The van der Waals surface area contributed by atoms with Crippen LogP contribution in [0.15, 0.2) is 15.5 Å². The summed E-state index contributed by atoms with van der Waals surface area (Å²) in [5, 5.41) is 7.48. The fraction of sp³-hybridized carbons (Fsp3) is 0.667. The van der Waals surface area contributed by atoms with Gasteiger partial charge < -0.3 is 15.0 Å². The van der Waals surface area contributed by atoms with Crippen molar-refractivity contribution in [3.63, 3.8) is 0 Å². The molecule has 106 valence electrons. The van der Waals surface area contributed by atoms with E-state index in [9.17, 15) is 4.79 Å². The minimum Gasteiger partial charge on any atom is -0.379 e. The molecule has 0 aromatic carbocycles. The fourth-order valence-electron chi connectivity index (χ4n) is 1.89. The number of hydrogen-bond donors (Lipinski definition) is 1. The molecule has 6 nitrogen and oxygen atoms in total. The van der Waals surface area contributed by atoms with Gasteiger partial charge in [0.2, 0.25) is 0 Å². The molecule has 1 aliphatic heterocycles. The summed E-state index contributed by atoms with van der Waals surface area (Å²) >= 11 is 3.36. The summed E-state index contributed by atoms with van der Waals surface area (Å²) in [4.78, 5) is 14.2. The van der Waals surface area contributed by atoms with Crippen LogP contribution in [0.5, 0.6) is 0 Å². The van der Waals surface area contributed by atoms with Gasteiger partial charge in [-0.05, 0) is 36.4 Å². The van der Waals surface area contributed by atoms with Gasteiger partial charge in [-0.25, -0.2) is 4.68 Å². The van der Waals surface area contributed by atoms with Gasteiger partial charge in [-0.3, -0.25) is 4.79 Å². The lowest BCUT2D eigenvalue weighted by Crippen LogP contribution is -2.30. The standard InChI is InChI=1S/C12H19BrN4O2/c1-16(2)4-5-17-12(18)11(13)10(7-14-17)15-9-3-6-19-8-9/h7,9,15H,3-6,8H2,1-2H3. The first kappa shape index (κ1) is 14.5. The van der Waals surface area contributed by atoms with Crippen LogP contribution in [0.1, 0.15) is 6.42 Å². The number of halogens is 1. The van der Waals surface area contributed by atoms with Crippen molar-refractivity contribution in [3.05, 3.63) is 21.0 Å². The molecule has 2 heterocycles. The SMILES string of the molecule is CN(C)CCn1ncc(NC2CCOC2)c(Br)c1=O. The van der Waals surface area contributed by atoms with Crippen molar-refractivity contribution in [2.45, 2.75) is 19.0 Å². The second-order valence-corrected chi connectivity index (χ2v) is 5.70. The van der Waals surface area contributed by atoms with Crippen molar-refractivity contribution in [1.29, 1.82) is 0 Å². The van der Waals surface area contributed by atoms with E-state index in [1.54, 1.807) is 6.20 Å². The Hall–Kier alpha value is -0.920. The maximum absolute atomic E-state index is 12.1. The summed E-state index contributed by atoms with van der Waals surface area (Å²) in [6.45, 7) is 2.80. The summed E-state index contributed by atoms with van der Waals surface area (Å²) < 4.78 is 7.31. The Morgan fingerprint density at radius 3 is 3.05 bits per heavy atom. The lowest BCUT2D eigenvalue weighted by Gasteiger charge is -2.15. The molecule has 7 heteroatoms. The molecule has 1 N–H and O–H groups in total. The van der Waals surface area contributed by atoms with Crippen LogP contribution in [-0.2, 0) is 11.3 Å². The highest BCUT2D eigenvalue weighted by Gasteiger charge is 2.17. The molecular formula is C12H19BrN4O2. The molecule has 1 aromatic rings. The molecule has 1 aliphatic rings. The zero-order chi connectivity index (χ0) is 13.8. The Morgan fingerprint density at radius 1 is 1.63 bits per heavy atom. The molecular weight excluding hydrogens is 312 g/mol. The predicted octanol–water partition coefficient (Wildman–Crippen LogP) is 0.768. The van der Waals surface area contributed by atoms with Gasteiger partial charge >= 0.3 is 0 Å². The number of aromatic nitrogens is 2. The van der Waals surface area contributed by atoms with Gasteiger partial charge in [-0.1, -0.05) is 0 Å². The van der Waals surface area contributed by atoms with E-state index in [0.29, 0.717) is 17.6 Å². The average molecular weight is 331 g/mol. The summed E-state index contributed by atoms with van der Waals surface area (Å²) in [6.07, 6.45) is 2.65. The third-order valence-corrected chi connectivity index (χ3v) is 3.80. The van der Waals surface area contributed by atoms with E-state index in [-0.39, 0.29) is 11.6 Å². The first-order valence-corrected chi connectivity index (χ1v) is 7.12. The minimum absolute atomic E-state index is 0.106.